The number of anilines is 1. The highest BCUT2D eigenvalue weighted by atomic mass is 35.5. The lowest BCUT2D eigenvalue weighted by molar-refractivity contribution is 0.465. The van der Waals surface area contributed by atoms with Crippen LogP contribution in [-0.4, -0.2) is 5.11 Å². The fourth-order valence-corrected chi connectivity index (χ4v) is 2.21. The van der Waals surface area contributed by atoms with Crippen molar-refractivity contribution >= 4 is 17.3 Å². The molecular formula is C16H18ClNO. The summed E-state index contributed by atoms with van der Waals surface area (Å²) >= 11 is 5.97. The first-order valence-electron chi connectivity index (χ1n) is 6.29. The lowest BCUT2D eigenvalue weighted by Gasteiger charge is -2.18. The molecule has 0 aromatic heterocycles. The van der Waals surface area contributed by atoms with Crippen LogP contribution in [0, 0.1) is 13.8 Å². The maximum atomic E-state index is 9.88. The number of rotatable bonds is 3. The summed E-state index contributed by atoms with van der Waals surface area (Å²) in [5.41, 5.74) is 4.34. The molecule has 0 spiro atoms. The van der Waals surface area contributed by atoms with Gasteiger partial charge in [-0.1, -0.05) is 17.7 Å². The topological polar surface area (TPSA) is 32.3 Å². The fraction of sp³-hybridized carbons (Fsp3) is 0.250. The highest BCUT2D eigenvalue weighted by molar-refractivity contribution is 6.30. The molecule has 1 atom stereocenters. The standard InChI is InChI=1S/C16H18ClNO/c1-10-4-6-14(8-11(10)2)18-12(3)15-9-13(17)5-7-16(15)19/h4-9,12,18-19H,1-3H3. The molecule has 0 saturated carbocycles. The van der Waals surface area contributed by atoms with Crippen molar-refractivity contribution < 1.29 is 5.11 Å². The van der Waals surface area contributed by atoms with Crippen molar-refractivity contribution in [3.05, 3.63) is 58.1 Å². The maximum absolute atomic E-state index is 9.88. The van der Waals surface area contributed by atoms with E-state index in [1.165, 1.54) is 11.1 Å². The molecule has 2 rings (SSSR count). The molecule has 100 valence electrons. The van der Waals surface area contributed by atoms with E-state index in [2.05, 4.69) is 31.3 Å². The third-order valence-electron chi connectivity index (χ3n) is 3.35. The number of nitrogens with one attached hydrogen (secondary N) is 1. The Morgan fingerprint density at radius 1 is 1.05 bits per heavy atom. The van der Waals surface area contributed by atoms with Gasteiger partial charge < -0.3 is 10.4 Å². The number of halogens is 1. The first-order chi connectivity index (χ1) is 8.97. The number of benzene rings is 2. The number of aryl methyl sites for hydroxylation is 2. The van der Waals surface area contributed by atoms with Gasteiger partial charge >= 0.3 is 0 Å². The Labute approximate surface area is 119 Å². The van der Waals surface area contributed by atoms with E-state index in [0.29, 0.717) is 5.02 Å². The van der Waals surface area contributed by atoms with Crippen molar-refractivity contribution in [2.75, 3.05) is 5.32 Å². The van der Waals surface area contributed by atoms with Gasteiger partial charge in [0.1, 0.15) is 5.75 Å². The Balaban J connectivity index is 2.22. The minimum Gasteiger partial charge on any atom is -0.508 e. The van der Waals surface area contributed by atoms with Crippen LogP contribution in [0.15, 0.2) is 36.4 Å². The Morgan fingerprint density at radius 3 is 2.47 bits per heavy atom. The molecule has 0 bridgehead atoms. The maximum Gasteiger partial charge on any atom is 0.120 e. The van der Waals surface area contributed by atoms with Crippen LogP contribution in [0.5, 0.6) is 5.75 Å². The molecule has 2 aromatic rings. The van der Waals surface area contributed by atoms with E-state index in [0.717, 1.165) is 11.3 Å². The average molecular weight is 276 g/mol. The number of hydrogen-bond donors (Lipinski definition) is 2. The highest BCUT2D eigenvalue weighted by Crippen LogP contribution is 2.29. The summed E-state index contributed by atoms with van der Waals surface area (Å²) < 4.78 is 0. The number of hydrogen-bond acceptors (Lipinski definition) is 2. The molecule has 0 amide bonds. The first kappa shape index (κ1) is 13.8. The van der Waals surface area contributed by atoms with E-state index < -0.39 is 0 Å². The van der Waals surface area contributed by atoms with Crippen molar-refractivity contribution in [2.45, 2.75) is 26.8 Å². The third-order valence-corrected chi connectivity index (χ3v) is 3.58. The average Bonchev–Trinajstić information content (AvgIpc) is 2.36. The second-order valence-corrected chi connectivity index (χ2v) is 5.30. The second-order valence-electron chi connectivity index (χ2n) is 4.87. The van der Waals surface area contributed by atoms with Gasteiger partial charge in [0.15, 0.2) is 0 Å². The zero-order valence-corrected chi connectivity index (χ0v) is 12.1. The van der Waals surface area contributed by atoms with Gasteiger partial charge in [-0.25, -0.2) is 0 Å². The molecule has 0 aliphatic rings. The quantitative estimate of drug-likeness (QED) is 0.840. The zero-order chi connectivity index (χ0) is 14.0. The van der Waals surface area contributed by atoms with Crippen LogP contribution in [-0.2, 0) is 0 Å². The van der Waals surface area contributed by atoms with E-state index in [1.807, 2.05) is 13.0 Å². The van der Waals surface area contributed by atoms with Crippen molar-refractivity contribution in [1.29, 1.82) is 0 Å². The van der Waals surface area contributed by atoms with E-state index in [9.17, 15) is 5.11 Å². The van der Waals surface area contributed by atoms with E-state index >= 15 is 0 Å². The van der Waals surface area contributed by atoms with Crippen LogP contribution in [0.3, 0.4) is 0 Å². The molecule has 0 aliphatic heterocycles. The predicted molar refractivity (Wildman–Crippen MR) is 81.1 cm³/mol. The fourth-order valence-electron chi connectivity index (χ4n) is 2.03. The molecule has 2 aromatic carbocycles. The molecular weight excluding hydrogens is 258 g/mol. The van der Waals surface area contributed by atoms with Crippen molar-refractivity contribution in [3.63, 3.8) is 0 Å². The normalized spacial score (nSPS) is 12.2. The lowest BCUT2D eigenvalue weighted by atomic mass is 10.1. The minimum absolute atomic E-state index is 0.0131. The van der Waals surface area contributed by atoms with Gasteiger partial charge in [-0.2, -0.15) is 0 Å². The number of aromatic hydroxyl groups is 1. The van der Waals surface area contributed by atoms with Crippen LogP contribution in [0.25, 0.3) is 0 Å². The molecule has 3 heteroatoms. The Morgan fingerprint density at radius 2 is 1.79 bits per heavy atom. The SMILES string of the molecule is Cc1ccc(NC(C)c2cc(Cl)ccc2O)cc1C. The Bertz CT molecular complexity index is 595. The molecule has 0 saturated heterocycles. The van der Waals surface area contributed by atoms with E-state index in [4.69, 9.17) is 11.6 Å². The number of phenolic OH excluding ortho intramolecular Hbond substituents is 1. The predicted octanol–water partition coefficient (Wildman–Crippen LogP) is 4.84. The van der Waals surface area contributed by atoms with Gasteiger partial charge in [0, 0.05) is 16.3 Å². The summed E-state index contributed by atoms with van der Waals surface area (Å²) in [6.45, 7) is 6.17. The molecule has 2 nitrogen and oxygen atoms in total. The molecule has 0 fully saturated rings. The largest absolute Gasteiger partial charge is 0.508 e. The van der Waals surface area contributed by atoms with Gasteiger partial charge in [-0.05, 0) is 62.2 Å². The van der Waals surface area contributed by atoms with Crippen molar-refractivity contribution in [2.24, 2.45) is 0 Å². The molecule has 0 radical (unpaired) electrons. The Kier molecular flexibility index (Phi) is 4.01. The zero-order valence-electron chi connectivity index (χ0n) is 11.4. The monoisotopic (exact) mass is 275 g/mol. The van der Waals surface area contributed by atoms with Gasteiger partial charge in [-0.3, -0.25) is 0 Å². The third kappa shape index (κ3) is 3.21. The summed E-state index contributed by atoms with van der Waals surface area (Å²) in [6, 6.07) is 11.3. The molecule has 2 N–H and O–H groups in total. The summed E-state index contributed by atoms with van der Waals surface area (Å²) in [6.07, 6.45) is 0. The van der Waals surface area contributed by atoms with Gasteiger partial charge in [0.2, 0.25) is 0 Å². The minimum atomic E-state index is -0.0131. The van der Waals surface area contributed by atoms with Crippen LogP contribution in [0.1, 0.15) is 29.7 Å². The second kappa shape index (κ2) is 5.54. The summed E-state index contributed by atoms with van der Waals surface area (Å²) in [5.74, 6) is 0.258. The van der Waals surface area contributed by atoms with Crippen LogP contribution < -0.4 is 5.32 Å². The molecule has 0 heterocycles. The van der Waals surface area contributed by atoms with Crippen LogP contribution in [0.4, 0.5) is 5.69 Å². The van der Waals surface area contributed by atoms with Gasteiger partial charge in [-0.15, -0.1) is 0 Å². The Hall–Kier alpha value is -1.67. The van der Waals surface area contributed by atoms with Gasteiger partial charge in [0.25, 0.3) is 0 Å². The summed E-state index contributed by atoms with van der Waals surface area (Å²) in [4.78, 5) is 0. The molecule has 1 unspecified atom stereocenters. The van der Waals surface area contributed by atoms with Crippen LogP contribution >= 0.6 is 11.6 Å². The summed E-state index contributed by atoms with van der Waals surface area (Å²) in [5, 5.41) is 13.9. The molecule has 0 aliphatic carbocycles. The van der Waals surface area contributed by atoms with E-state index in [-0.39, 0.29) is 11.8 Å². The smallest absolute Gasteiger partial charge is 0.120 e. The number of phenols is 1. The van der Waals surface area contributed by atoms with E-state index in [1.54, 1.807) is 18.2 Å². The van der Waals surface area contributed by atoms with Crippen molar-refractivity contribution in [1.82, 2.24) is 0 Å². The van der Waals surface area contributed by atoms with Crippen molar-refractivity contribution in [3.8, 4) is 5.75 Å². The first-order valence-corrected chi connectivity index (χ1v) is 6.67. The lowest BCUT2D eigenvalue weighted by Crippen LogP contribution is -2.07. The highest BCUT2D eigenvalue weighted by Gasteiger charge is 2.11. The molecule has 19 heavy (non-hydrogen) atoms. The summed E-state index contributed by atoms with van der Waals surface area (Å²) in [7, 11) is 0. The van der Waals surface area contributed by atoms with Gasteiger partial charge in [0.05, 0.1) is 6.04 Å². The van der Waals surface area contributed by atoms with Crippen LogP contribution in [0.2, 0.25) is 5.02 Å².